The van der Waals surface area contributed by atoms with Gasteiger partial charge in [0.25, 0.3) is 0 Å². The molecule has 2 fully saturated rings. The average molecular weight is 436 g/mol. The topological polar surface area (TPSA) is 43.9 Å². The molecule has 6 heteroatoms. The molecule has 0 spiro atoms. The third kappa shape index (κ3) is 3.87. The number of rotatable bonds is 3. The van der Waals surface area contributed by atoms with Crippen molar-refractivity contribution in [3.05, 3.63) is 59.9 Å². The molecular weight excluding hydrogens is 405 g/mol. The summed E-state index contributed by atoms with van der Waals surface area (Å²) in [4.78, 5) is 32.8. The molecule has 5 rings (SSSR count). The molecule has 2 unspecified atom stereocenters. The van der Waals surface area contributed by atoms with Crippen LogP contribution in [0, 0.1) is 17.7 Å². The number of nitrogens with zero attached hydrogens (tertiary/aromatic N) is 3. The maximum atomic E-state index is 14.1. The van der Waals surface area contributed by atoms with E-state index in [-0.39, 0.29) is 29.5 Å². The van der Waals surface area contributed by atoms with Gasteiger partial charge >= 0.3 is 0 Å². The Bertz CT molecular complexity index is 1000. The lowest BCUT2D eigenvalue weighted by Crippen LogP contribution is -2.53. The van der Waals surface area contributed by atoms with Crippen LogP contribution in [0.4, 0.5) is 15.8 Å². The number of hydrogen-bond donors (Lipinski definition) is 0. The molecule has 2 aromatic rings. The Labute approximate surface area is 188 Å². The van der Waals surface area contributed by atoms with Crippen LogP contribution in [0.15, 0.2) is 48.5 Å². The number of anilines is 2. The second-order valence-corrected chi connectivity index (χ2v) is 9.13. The molecule has 32 heavy (non-hydrogen) atoms. The molecule has 1 aliphatic carbocycles. The van der Waals surface area contributed by atoms with Gasteiger partial charge in [0.1, 0.15) is 5.82 Å². The van der Waals surface area contributed by atoms with E-state index in [0.717, 1.165) is 37.8 Å². The first-order valence-corrected chi connectivity index (χ1v) is 11.8. The van der Waals surface area contributed by atoms with Crippen molar-refractivity contribution >= 4 is 23.2 Å². The van der Waals surface area contributed by atoms with Crippen molar-refractivity contribution in [3.8, 4) is 0 Å². The molecule has 168 valence electrons. The molecule has 2 heterocycles. The summed E-state index contributed by atoms with van der Waals surface area (Å²) in [5, 5.41) is 0. The number of carbonyl (C=O) groups is 2. The Morgan fingerprint density at radius 3 is 2.09 bits per heavy atom. The fraction of sp³-hybridized carbons (Fsp3) is 0.462. The van der Waals surface area contributed by atoms with Crippen molar-refractivity contribution in [2.24, 2.45) is 11.8 Å². The van der Waals surface area contributed by atoms with Crippen LogP contribution in [0.2, 0.25) is 0 Å². The number of piperazine rings is 1. The van der Waals surface area contributed by atoms with Crippen molar-refractivity contribution in [3.63, 3.8) is 0 Å². The quantitative estimate of drug-likeness (QED) is 0.735. The lowest BCUT2D eigenvalue weighted by molar-refractivity contribution is -0.143. The molecule has 0 bridgehead atoms. The highest BCUT2D eigenvalue weighted by Gasteiger charge is 2.41. The minimum absolute atomic E-state index is 0.101. The van der Waals surface area contributed by atoms with Gasteiger partial charge in [0.05, 0.1) is 11.6 Å². The molecule has 1 saturated heterocycles. The van der Waals surface area contributed by atoms with Crippen molar-refractivity contribution in [1.82, 2.24) is 4.90 Å². The highest BCUT2D eigenvalue weighted by atomic mass is 19.1. The van der Waals surface area contributed by atoms with E-state index in [2.05, 4.69) is 6.07 Å². The molecule has 0 N–H and O–H groups in total. The zero-order valence-corrected chi connectivity index (χ0v) is 18.4. The van der Waals surface area contributed by atoms with Crippen molar-refractivity contribution < 1.29 is 14.0 Å². The van der Waals surface area contributed by atoms with Gasteiger partial charge in [-0.15, -0.1) is 0 Å². The summed E-state index contributed by atoms with van der Waals surface area (Å²) in [5.41, 5.74) is 2.81. The molecule has 3 aliphatic rings. The lowest BCUT2D eigenvalue weighted by atomic mass is 9.77. The largest absolute Gasteiger partial charge is 0.366 e. The molecule has 2 aromatic carbocycles. The maximum Gasteiger partial charge on any atom is 0.230 e. The third-order valence-corrected chi connectivity index (χ3v) is 7.34. The van der Waals surface area contributed by atoms with E-state index in [9.17, 15) is 14.0 Å². The molecule has 2 atom stereocenters. The van der Waals surface area contributed by atoms with Crippen LogP contribution in [0.3, 0.4) is 0 Å². The molecule has 5 nitrogen and oxygen atoms in total. The van der Waals surface area contributed by atoms with Gasteiger partial charge in [0.2, 0.25) is 11.8 Å². The summed E-state index contributed by atoms with van der Waals surface area (Å²) < 4.78 is 14.1. The van der Waals surface area contributed by atoms with E-state index in [1.807, 2.05) is 39.0 Å². The van der Waals surface area contributed by atoms with Gasteiger partial charge in [0.15, 0.2) is 0 Å². The third-order valence-electron chi connectivity index (χ3n) is 7.34. The maximum absolute atomic E-state index is 14.1. The number of fused-ring (bicyclic) bond motifs is 1. The van der Waals surface area contributed by atoms with E-state index in [1.54, 1.807) is 12.1 Å². The van der Waals surface area contributed by atoms with Gasteiger partial charge < -0.3 is 14.7 Å². The normalized spacial score (nSPS) is 23.2. The van der Waals surface area contributed by atoms with E-state index in [0.29, 0.717) is 38.4 Å². The second-order valence-electron chi connectivity index (χ2n) is 9.13. The summed E-state index contributed by atoms with van der Waals surface area (Å²) >= 11 is 0. The number of carbonyl (C=O) groups excluding carboxylic acids is 2. The second kappa shape index (κ2) is 8.93. The molecule has 0 radical (unpaired) electrons. The average Bonchev–Trinajstić information content (AvgIpc) is 3.28. The minimum Gasteiger partial charge on any atom is -0.366 e. The van der Waals surface area contributed by atoms with Gasteiger partial charge in [-0.3, -0.25) is 9.59 Å². The van der Waals surface area contributed by atoms with Gasteiger partial charge in [0, 0.05) is 44.3 Å². The highest BCUT2D eigenvalue weighted by Crippen LogP contribution is 2.37. The molecule has 2 aliphatic heterocycles. The molecule has 1 saturated carbocycles. The van der Waals surface area contributed by atoms with Gasteiger partial charge in [-0.2, -0.15) is 0 Å². The Morgan fingerprint density at radius 2 is 1.38 bits per heavy atom. The number of halogens is 1. The Kier molecular flexibility index (Phi) is 5.85. The Balaban J connectivity index is 1.27. The standard InChI is InChI=1S/C26H30FN3O2/c27-22-10-4-6-12-24(22)28-15-17-29(18-16-28)25(31)20-8-2-3-9-21(20)26(32)30-14-13-19-7-1-5-11-23(19)30/h1,4-7,10-12,20-21H,2-3,8-9,13-18H2. The number of benzene rings is 2. The van der Waals surface area contributed by atoms with Gasteiger partial charge in [-0.05, 0) is 43.0 Å². The summed E-state index contributed by atoms with van der Waals surface area (Å²) in [5.74, 6) is -0.506. The van der Waals surface area contributed by atoms with Crippen LogP contribution in [0.5, 0.6) is 0 Å². The zero-order valence-electron chi connectivity index (χ0n) is 18.4. The molecule has 2 amide bonds. The molecule has 0 aromatic heterocycles. The summed E-state index contributed by atoms with van der Waals surface area (Å²) in [6.45, 7) is 3.06. The Hall–Kier alpha value is -2.89. The van der Waals surface area contributed by atoms with Crippen LogP contribution in [-0.4, -0.2) is 49.4 Å². The van der Waals surface area contributed by atoms with Crippen LogP contribution in [0.1, 0.15) is 31.2 Å². The smallest absolute Gasteiger partial charge is 0.230 e. The van der Waals surface area contributed by atoms with Crippen LogP contribution >= 0.6 is 0 Å². The SMILES string of the molecule is O=C(C1CCCCC1C(=O)N1CCc2ccccc21)N1CCN(c2ccccc2F)CC1. The fourth-order valence-electron chi connectivity index (χ4n) is 5.60. The van der Waals surface area contributed by atoms with Gasteiger partial charge in [-0.25, -0.2) is 4.39 Å². The van der Waals surface area contributed by atoms with Crippen LogP contribution in [0.25, 0.3) is 0 Å². The van der Waals surface area contributed by atoms with Crippen LogP contribution < -0.4 is 9.80 Å². The monoisotopic (exact) mass is 435 g/mol. The zero-order chi connectivity index (χ0) is 22.1. The Morgan fingerprint density at radius 1 is 0.750 bits per heavy atom. The van der Waals surface area contributed by atoms with Crippen LogP contribution in [-0.2, 0) is 16.0 Å². The van der Waals surface area contributed by atoms with E-state index >= 15 is 0 Å². The minimum atomic E-state index is -0.246. The van der Waals surface area contributed by atoms with E-state index in [4.69, 9.17) is 0 Å². The summed E-state index contributed by atoms with van der Waals surface area (Å²) in [7, 11) is 0. The first-order valence-electron chi connectivity index (χ1n) is 11.8. The summed E-state index contributed by atoms with van der Waals surface area (Å²) in [6.07, 6.45) is 4.43. The predicted octanol–water partition coefficient (Wildman–Crippen LogP) is 3.87. The predicted molar refractivity (Wildman–Crippen MR) is 123 cm³/mol. The lowest BCUT2D eigenvalue weighted by Gasteiger charge is -2.40. The number of amides is 2. The van der Waals surface area contributed by atoms with Crippen molar-refractivity contribution in [1.29, 1.82) is 0 Å². The first kappa shape index (κ1) is 21.0. The highest BCUT2D eigenvalue weighted by molar-refractivity contribution is 5.99. The summed E-state index contributed by atoms with van der Waals surface area (Å²) in [6, 6.07) is 14.9. The van der Waals surface area contributed by atoms with Crippen molar-refractivity contribution in [2.75, 3.05) is 42.5 Å². The molecular formula is C26H30FN3O2. The number of para-hydroxylation sites is 2. The van der Waals surface area contributed by atoms with Crippen molar-refractivity contribution in [2.45, 2.75) is 32.1 Å². The van der Waals surface area contributed by atoms with Gasteiger partial charge in [-0.1, -0.05) is 43.2 Å². The fourth-order valence-corrected chi connectivity index (χ4v) is 5.60. The van der Waals surface area contributed by atoms with E-state index in [1.165, 1.54) is 11.6 Å². The van der Waals surface area contributed by atoms with E-state index < -0.39 is 0 Å². The number of hydrogen-bond acceptors (Lipinski definition) is 3. The first-order chi connectivity index (χ1) is 15.6.